The Morgan fingerprint density at radius 1 is 1.04 bits per heavy atom. The van der Waals surface area contributed by atoms with E-state index in [1.807, 2.05) is 23.6 Å². The molecule has 2 heterocycles. The quantitative estimate of drug-likeness (QED) is 0.497. The number of anilines is 2. The van der Waals surface area contributed by atoms with E-state index in [1.165, 1.54) is 23.3 Å². The predicted molar refractivity (Wildman–Crippen MR) is 97.5 cm³/mol. The molecule has 0 aliphatic heterocycles. The number of hydrogen-bond acceptors (Lipinski definition) is 4. The molecule has 0 unspecified atom stereocenters. The Bertz CT molecular complexity index is 1020. The third-order valence-corrected chi connectivity index (χ3v) is 4.83. The number of fused-ring (bicyclic) bond motifs is 1. The smallest absolute Gasteiger partial charge is 0.141 e. The lowest BCUT2D eigenvalue weighted by Crippen LogP contribution is -1.96. The van der Waals surface area contributed by atoms with Crippen molar-refractivity contribution in [1.29, 1.82) is 0 Å². The van der Waals surface area contributed by atoms with Crippen molar-refractivity contribution in [3.63, 3.8) is 0 Å². The van der Waals surface area contributed by atoms with Gasteiger partial charge in [-0.25, -0.2) is 14.4 Å². The summed E-state index contributed by atoms with van der Waals surface area (Å²) in [6, 6.07) is 14.6. The largest absolute Gasteiger partial charge is 0.340 e. The number of rotatable bonds is 3. The monoisotopic (exact) mass is 355 g/mol. The lowest BCUT2D eigenvalue weighted by molar-refractivity contribution is 0.628. The molecule has 0 saturated carbocycles. The zero-order valence-electron chi connectivity index (χ0n) is 12.3. The number of thiophene rings is 1. The molecule has 3 nitrogen and oxygen atoms in total. The molecule has 0 atom stereocenters. The van der Waals surface area contributed by atoms with Crippen molar-refractivity contribution in [2.45, 2.75) is 0 Å². The lowest BCUT2D eigenvalue weighted by Gasteiger charge is -2.10. The van der Waals surface area contributed by atoms with Gasteiger partial charge in [-0.2, -0.15) is 0 Å². The summed E-state index contributed by atoms with van der Waals surface area (Å²) in [7, 11) is 0. The van der Waals surface area contributed by atoms with Gasteiger partial charge in [0.05, 0.1) is 10.5 Å². The molecule has 0 amide bonds. The van der Waals surface area contributed by atoms with Crippen molar-refractivity contribution in [2.75, 3.05) is 5.32 Å². The molecule has 118 valence electrons. The molecule has 0 aliphatic carbocycles. The highest BCUT2D eigenvalue weighted by Crippen LogP contribution is 2.31. The molecule has 0 spiro atoms. The van der Waals surface area contributed by atoms with Crippen LogP contribution in [0.2, 0.25) is 5.02 Å². The molecular formula is C18H11ClFN3S. The van der Waals surface area contributed by atoms with E-state index < -0.39 is 5.82 Å². The Morgan fingerprint density at radius 3 is 2.75 bits per heavy atom. The van der Waals surface area contributed by atoms with Crippen molar-refractivity contribution < 1.29 is 4.39 Å². The fraction of sp³-hybridized carbons (Fsp3) is 0. The summed E-state index contributed by atoms with van der Waals surface area (Å²) < 4.78 is 13.3. The summed E-state index contributed by atoms with van der Waals surface area (Å²) in [5.74, 6) is 0.204. The first-order chi connectivity index (χ1) is 11.7. The van der Waals surface area contributed by atoms with Crippen LogP contribution >= 0.6 is 22.9 Å². The van der Waals surface area contributed by atoms with Crippen LogP contribution in [0.5, 0.6) is 0 Å². The number of halogens is 2. The highest BCUT2D eigenvalue weighted by atomic mass is 35.5. The van der Waals surface area contributed by atoms with Gasteiger partial charge in [0, 0.05) is 16.0 Å². The van der Waals surface area contributed by atoms with Crippen LogP contribution in [0.3, 0.4) is 0 Å². The molecule has 24 heavy (non-hydrogen) atoms. The van der Waals surface area contributed by atoms with Crippen molar-refractivity contribution in [1.82, 2.24) is 9.97 Å². The van der Waals surface area contributed by atoms with Crippen LogP contribution in [0.15, 0.2) is 60.2 Å². The Balaban J connectivity index is 1.79. The number of benzene rings is 2. The van der Waals surface area contributed by atoms with Crippen molar-refractivity contribution >= 4 is 45.3 Å². The standard InChI is InChI=1S/C18H11ClFN3S/c19-14-9-12(4-5-15(14)20)23-18-13-8-11(17-2-1-7-24-17)3-6-16(13)21-10-22-18/h1-10H,(H,21,22,23). The number of nitrogens with one attached hydrogen (secondary N) is 1. The van der Waals surface area contributed by atoms with E-state index in [4.69, 9.17) is 11.6 Å². The Labute approximate surface area is 146 Å². The molecule has 0 fully saturated rings. The molecule has 0 aliphatic rings. The first-order valence-corrected chi connectivity index (χ1v) is 8.47. The average molecular weight is 356 g/mol. The van der Waals surface area contributed by atoms with Crippen LogP contribution in [0, 0.1) is 5.82 Å². The van der Waals surface area contributed by atoms with E-state index >= 15 is 0 Å². The highest BCUT2D eigenvalue weighted by molar-refractivity contribution is 7.13. The van der Waals surface area contributed by atoms with E-state index in [2.05, 4.69) is 27.4 Å². The molecule has 0 saturated heterocycles. The van der Waals surface area contributed by atoms with Gasteiger partial charge in [0.25, 0.3) is 0 Å². The van der Waals surface area contributed by atoms with E-state index in [0.29, 0.717) is 11.5 Å². The van der Waals surface area contributed by atoms with E-state index in [9.17, 15) is 4.39 Å². The molecular weight excluding hydrogens is 345 g/mol. The SMILES string of the molecule is Fc1ccc(Nc2ncnc3ccc(-c4cccs4)cc23)cc1Cl. The minimum absolute atomic E-state index is 0.0673. The van der Waals surface area contributed by atoms with Crippen LogP contribution < -0.4 is 5.32 Å². The van der Waals surface area contributed by atoms with Gasteiger partial charge in [0.1, 0.15) is 18.0 Å². The van der Waals surface area contributed by atoms with Crippen LogP contribution in [0.1, 0.15) is 0 Å². The Morgan fingerprint density at radius 2 is 1.96 bits per heavy atom. The minimum atomic E-state index is -0.449. The predicted octanol–water partition coefficient (Wildman–Crippen LogP) is 5.89. The highest BCUT2D eigenvalue weighted by Gasteiger charge is 2.08. The van der Waals surface area contributed by atoms with Crippen LogP contribution in [0.4, 0.5) is 15.9 Å². The zero-order chi connectivity index (χ0) is 16.5. The molecule has 4 aromatic rings. The fourth-order valence-electron chi connectivity index (χ4n) is 2.46. The van der Waals surface area contributed by atoms with Gasteiger partial charge < -0.3 is 5.32 Å². The van der Waals surface area contributed by atoms with Crippen LogP contribution in [0.25, 0.3) is 21.3 Å². The van der Waals surface area contributed by atoms with Gasteiger partial charge in [-0.3, -0.25) is 0 Å². The number of nitrogens with zero attached hydrogens (tertiary/aromatic N) is 2. The average Bonchev–Trinajstić information content (AvgIpc) is 3.13. The number of aromatic nitrogens is 2. The zero-order valence-corrected chi connectivity index (χ0v) is 13.9. The number of hydrogen-bond donors (Lipinski definition) is 1. The third-order valence-electron chi connectivity index (χ3n) is 3.62. The van der Waals surface area contributed by atoms with E-state index in [-0.39, 0.29) is 5.02 Å². The normalized spacial score (nSPS) is 10.9. The first kappa shape index (κ1) is 15.1. The minimum Gasteiger partial charge on any atom is -0.340 e. The molecule has 0 bridgehead atoms. The summed E-state index contributed by atoms with van der Waals surface area (Å²) in [5.41, 5.74) is 2.61. The molecule has 2 aromatic carbocycles. The van der Waals surface area contributed by atoms with Gasteiger partial charge in [0.15, 0.2) is 0 Å². The van der Waals surface area contributed by atoms with E-state index in [1.54, 1.807) is 17.4 Å². The molecule has 1 N–H and O–H groups in total. The van der Waals surface area contributed by atoms with Gasteiger partial charge in [-0.05, 0) is 47.3 Å². The third kappa shape index (κ3) is 2.84. The van der Waals surface area contributed by atoms with Crippen LogP contribution in [-0.4, -0.2) is 9.97 Å². The summed E-state index contributed by atoms with van der Waals surface area (Å²) >= 11 is 7.52. The maximum atomic E-state index is 13.3. The maximum Gasteiger partial charge on any atom is 0.141 e. The lowest BCUT2D eigenvalue weighted by atomic mass is 10.1. The maximum absolute atomic E-state index is 13.3. The molecule has 0 radical (unpaired) electrons. The van der Waals surface area contributed by atoms with Crippen molar-refractivity contribution in [3.8, 4) is 10.4 Å². The van der Waals surface area contributed by atoms with Gasteiger partial charge in [-0.15, -0.1) is 11.3 Å². The molecule has 4 rings (SSSR count). The summed E-state index contributed by atoms with van der Waals surface area (Å²) in [6.45, 7) is 0. The van der Waals surface area contributed by atoms with Gasteiger partial charge in [0.2, 0.25) is 0 Å². The second-order valence-corrected chi connectivity index (χ2v) is 6.54. The van der Waals surface area contributed by atoms with E-state index in [0.717, 1.165) is 16.5 Å². The summed E-state index contributed by atoms with van der Waals surface area (Å²) in [5, 5.41) is 6.19. The Hall–Kier alpha value is -2.50. The summed E-state index contributed by atoms with van der Waals surface area (Å²) in [4.78, 5) is 9.80. The topological polar surface area (TPSA) is 37.8 Å². The second kappa shape index (κ2) is 6.19. The van der Waals surface area contributed by atoms with Gasteiger partial charge in [-0.1, -0.05) is 23.7 Å². The summed E-state index contributed by atoms with van der Waals surface area (Å²) in [6.07, 6.45) is 1.50. The second-order valence-electron chi connectivity index (χ2n) is 5.19. The fourth-order valence-corrected chi connectivity index (χ4v) is 3.37. The van der Waals surface area contributed by atoms with Crippen molar-refractivity contribution in [2.24, 2.45) is 0 Å². The van der Waals surface area contributed by atoms with Crippen LogP contribution in [-0.2, 0) is 0 Å². The molecule has 2 aromatic heterocycles. The van der Waals surface area contributed by atoms with Gasteiger partial charge >= 0.3 is 0 Å². The van der Waals surface area contributed by atoms with Crippen molar-refractivity contribution in [3.05, 3.63) is 71.1 Å². The molecule has 6 heteroatoms. The first-order valence-electron chi connectivity index (χ1n) is 7.21. The Kier molecular flexibility index (Phi) is 3.88.